The molecule has 2 nitrogen and oxygen atoms in total. The maximum atomic E-state index is 16.8. The van der Waals surface area contributed by atoms with Crippen LogP contribution in [0.15, 0.2) is 176 Å². The van der Waals surface area contributed by atoms with Crippen LogP contribution < -0.4 is 9.64 Å². The van der Waals surface area contributed by atoms with Crippen molar-refractivity contribution in [3.63, 3.8) is 0 Å². The molecule has 67 heavy (non-hydrogen) atoms. The molecule has 0 heterocycles. The van der Waals surface area contributed by atoms with Crippen molar-refractivity contribution in [2.24, 2.45) is 0 Å². The van der Waals surface area contributed by atoms with E-state index in [0.717, 1.165) is 64.4 Å². The maximum absolute atomic E-state index is 16.8. The molecule has 3 heteroatoms. The SMILES string of the molecule is C=Cc1ccc(Oc2ccc(C3(c4ccc(CC)cc4)c4ccccc4-c4ccc(N(c5ccc6c(c5)C5(CC(C)(C)c7ccc(C)cc75)CC6(C)C)c5cc(C)ccc5F)cc43)cc2)cc1. The molecule has 2 unspecified atom stereocenters. The van der Waals surface area contributed by atoms with E-state index >= 15 is 4.39 Å². The van der Waals surface area contributed by atoms with Gasteiger partial charge in [0.05, 0.1) is 11.1 Å². The van der Waals surface area contributed by atoms with Gasteiger partial charge in [-0.15, -0.1) is 0 Å². The second-order valence-corrected chi connectivity index (χ2v) is 20.7. The zero-order valence-electron chi connectivity index (χ0n) is 39.8. The minimum atomic E-state index is -0.696. The molecule has 1 spiro atoms. The molecule has 0 aromatic heterocycles. The molecule has 332 valence electrons. The van der Waals surface area contributed by atoms with E-state index in [-0.39, 0.29) is 22.1 Å². The summed E-state index contributed by atoms with van der Waals surface area (Å²) in [5.41, 5.74) is 18.8. The number of hydrogen-bond donors (Lipinski definition) is 0. The lowest BCUT2D eigenvalue weighted by Gasteiger charge is -2.35. The highest BCUT2D eigenvalue weighted by molar-refractivity contribution is 5.90. The van der Waals surface area contributed by atoms with Crippen molar-refractivity contribution in [3.8, 4) is 22.6 Å². The van der Waals surface area contributed by atoms with E-state index in [0.29, 0.717) is 5.69 Å². The van der Waals surface area contributed by atoms with E-state index in [1.54, 1.807) is 6.07 Å². The zero-order valence-corrected chi connectivity index (χ0v) is 39.8. The molecule has 0 N–H and O–H groups in total. The molecule has 0 aliphatic heterocycles. The van der Waals surface area contributed by atoms with Gasteiger partial charge in [-0.05, 0) is 177 Å². The van der Waals surface area contributed by atoms with Gasteiger partial charge >= 0.3 is 0 Å². The predicted octanol–water partition coefficient (Wildman–Crippen LogP) is 16.9. The summed E-state index contributed by atoms with van der Waals surface area (Å²) in [6, 6.07) is 61.0. The number of benzene rings is 8. The monoisotopic (exact) mass is 875 g/mol. The standard InChI is InChI=1S/C64H58FNO/c1-9-43-17-21-45(22-18-43)64(46-23-29-50(30-24-46)67-49-27-19-44(10-2)20-28-49)53-14-12-11-13-51(53)52-31-25-47(37-56(52)64)66(60-36-42(4)16-34-59(60)65)48-26-33-55-58(38-48)63(40-62(55,7)8)39-61(5,6)54-32-15-41(3)35-57(54)63/h10-38H,2,9,39-40H2,1,3-8H3. The van der Waals surface area contributed by atoms with Crippen molar-refractivity contribution in [2.75, 3.05) is 4.90 Å². The van der Waals surface area contributed by atoms with Gasteiger partial charge in [-0.3, -0.25) is 0 Å². The first-order valence-electron chi connectivity index (χ1n) is 23.9. The fourth-order valence-corrected chi connectivity index (χ4v) is 12.6. The van der Waals surface area contributed by atoms with Gasteiger partial charge < -0.3 is 9.64 Å². The molecule has 0 bridgehead atoms. The minimum absolute atomic E-state index is 0.00801. The number of anilines is 3. The van der Waals surface area contributed by atoms with E-state index in [2.05, 4.69) is 187 Å². The van der Waals surface area contributed by atoms with Gasteiger partial charge in [-0.2, -0.15) is 0 Å². The van der Waals surface area contributed by atoms with Crippen LogP contribution in [0.1, 0.15) is 114 Å². The third-order valence-corrected chi connectivity index (χ3v) is 15.5. The summed E-state index contributed by atoms with van der Waals surface area (Å²) >= 11 is 0. The van der Waals surface area contributed by atoms with E-state index in [9.17, 15) is 0 Å². The molecule has 11 rings (SSSR count). The number of fused-ring (bicyclic) bond motifs is 7. The Balaban J connectivity index is 1.13. The Hall–Kier alpha value is -6.97. The van der Waals surface area contributed by atoms with Gasteiger partial charge in [0.1, 0.15) is 17.3 Å². The normalized spacial score (nSPS) is 19.1. The summed E-state index contributed by atoms with van der Waals surface area (Å²) in [5, 5.41) is 0. The second-order valence-electron chi connectivity index (χ2n) is 20.7. The molecule has 0 saturated heterocycles. The Morgan fingerprint density at radius 3 is 1.75 bits per heavy atom. The summed E-state index contributed by atoms with van der Waals surface area (Å²) in [6.45, 7) is 20.0. The molecular formula is C64H58FNO. The van der Waals surface area contributed by atoms with Gasteiger partial charge in [0, 0.05) is 16.8 Å². The summed E-state index contributed by atoms with van der Waals surface area (Å²) in [4.78, 5) is 2.18. The Bertz CT molecular complexity index is 3240. The van der Waals surface area contributed by atoms with Crippen molar-refractivity contribution < 1.29 is 9.13 Å². The van der Waals surface area contributed by atoms with Crippen LogP contribution in [0.25, 0.3) is 17.2 Å². The van der Waals surface area contributed by atoms with Crippen molar-refractivity contribution in [3.05, 3.63) is 249 Å². The van der Waals surface area contributed by atoms with Crippen LogP contribution in [0.4, 0.5) is 21.5 Å². The first-order valence-corrected chi connectivity index (χ1v) is 23.9. The predicted molar refractivity (Wildman–Crippen MR) is 276 cm³/mol. The first-order chi connectivity index (χ1) is 32.3. The zero-order chi connectivity index (χ0) is 46.5. The third kappa shape index (κ3) is 6.64. The van der Waals surface area contributed by atoms with Crippen molar-refractivity contribution in [1.29, 1.82) is 0 Å². The second kappa shape index (κ2) is 15.6. The Morgan fingerprint density at radius 1 is 0.552 bits per heavy atom. The third-order valence-electron chi connectivity index (χ3n) is 15.5. The van der Waals surface area contributed by atoms with Crippen LogP contribution in [0.5, 0.6) is 11.5 Å². The summed E-state index contributed by atoms with van der Waals surface area (Å²) in [6.07, 6.45) is 4.84. The van der Waals surface area contributed by atoms with Crippen LogP contribution in [-0.2, 0) is 28.1 Å². The summed E-state index contributed by atoms with van der Waals surface area (Å²) in [5.74, 6) is 1.27. The van der Waals surface area contributed by atoms with Crippen LogP contribution in [0, 0.1) is 19.7 Å². The van der Waals surface area contributed by atoms with E-state index < -0.39 is 5.41 Å². The fourth-order valence-electron chi connectivity index (χ4n) is 12.6. The summed E-state index contributed by atoms with van der Waals surface area (Å²) in [7, 11) is 0. The Labute approximate surface area is 396 Å². The van der Waals surface area contributed by atoms with Crippen LogP contribution in [0.3, 0.4) is 0 Å². The van der Waals surface area contributed by atoms with Crippen molar-refractivity contribution in [2.45, 2.75) is 89.4 Å². The first kappa shape index (κ1) is 42.7. The molecule has 3 aliphatic rings. The molecule has 0 amide bonds. The Morgan fingerprint density at radius 2 is 1.09 bits per heavy atom. The maximum Gasteiger partial charge on any atom is 0.147 e. The van der Waals surface area contributed by atoms with Crippen molar-refractivity contribution >= 4 is 23.1 Å². The fraction of sp³-hybridized carbons (Fsp3) is 0.219. The van der Waals surface area contributed by atoms with Gasteiger partial charge in [0.2, 0.25) is 0 Å². The smallest absolute Gasteiger partial charge is 0.147 e. The average molecular weight is 876 g/mol. The van der Waals surface area contributed by atoms with Crippen LogP contribution in [-0.4, -0.2) is 0 Å². The van der Waals surface area contributed by atoms with E-state index in [1.165, 1.54) is 55.6 Å². The highest BCUT2D eigenvalue weighted by Gasteiger charge is 2.56. The number of rotatable bonds is 9. The van der Waals surface area contributed by atoms with Gasteiger partial charge in [0.15, 0.2) is 0 Å². The van der Waals surface area contributed by atoms with E-state index in [4.69, 9.17) is 4.74 Å². The van der Waals surface area contributed by atoms with Gasteiger partial charge in [-0.1, -0.05) is 162 Å². The number of hydrogen-bond acceptors (Lipinski definition) is 2. The molecule has 3 aliphatic carbocycles. The Kier molecular flexibility index (Phi) is 9.91. The average Bonchev–Trinajstić information content (AvgIpc) is 3.84. The minimum Gasteiger partial charge on any atom is -0.457 e. The quantitative estimate of drug-likeness (QED) is 0.143. The number of aryl methyl sites for hydroxylation is 3. The lowest BCUT2D eigenvalue weighted by molar-refractivity contribution is 0.349. The molecule has 8 aromatic carbocycles. The lowest BCUT2D eigenvalue weighted by Crippen LogP contribution is -2.29. The molecule has 0 fully saturated rings. The molecular weight excluding hydrogens is 818 g/mol. The molecule has 0 saturated carbocycles. The number of nitrogens with zero attached hydrogens (tertiary/aromatic N) is 1. The van der Waals surface area contributed by atoms with E-state index in [1.807, 2.05) is 42.5 Å². The van der Waals surface area contributed by atoms with Crippen LogP contribution >= 0.6 is 0 Å². The molecule has 0 radical (unpaired) electrons. The van der Waals surface area contributed by atoms with Crippen LogP contribution in [0.2, 0.25) is 0 Å². The molecule has 8 aromatic rings. The topological polar surface area (TPSA) is 12.5 Å². The number of halogens is 1. The molecule has 2 atom stereocenters. The van der Waals surface area contributed by atoms with Gasteiger partial charge in [-0.25, -0.2) is 4.39 Å². The lowest BCUT2D eigenvalue weighted by atomic mass is 9.67. The number of ether oxygens (including phenoxy) is 1. The van der Waals surface area contributed by atoms with Gasteiger partial charge in [0.25, 0.3) is 0 Å². The highest BCUT2D eigenvalue weighted by atomic mass is 19.1. The largest absolute Gasteiger partial charge is 0.457 e. The van der Waals surface area contributed by atoms with Crippen molar-refractivity contribution in [1.82, 2.24) is 0 Å². The summed E-state index contributed by atoms with van der Waals surface area (Å²) < 4.78 is 23.3. The highest BCUT2D eigenvalue weighted by Crippen LogP contribution is 2.64.